The average molecular weight is 279 g/mol. The zero-order chi connectivity index (χ0) is 15.1. The molecule has 1 rings (SSSR count). The van der Waals surface area contributed by atoms with E-state index in [0.717, 1.165) is 0 Å². The van der Waals surface area contributed by atoms with Crippen molar-refractivity contribution in [3.8, 4) is 0 Å². The lowest BCUT2D eigenvalue weighted by molar-refractivity contribution is -0.137. The Bertz CT molecular complexity index is 556. The van der Waals surface area contributed by atoms with Crippen molar-refractivity contribution in [2.75, 3.05) is 13.1 Å². The Balaban J connectivity index is 2.54. The zero-order valence-corrected chi connectivity index (χ0v) is 10.4. The molecule has 8 nitrogen and oxygen atoms in total. The maximum atomic E-state index is 11.7. The van der Waals surface area contributed by atoms with E-state index in [-0.39, 0.29) is 17.7 Å². The monoisotopic (exact) mass is 279 g/mol. The molecule has 0 heterocycles. The standard InChI is InChI=1S/C12H13N3O5/c13-11(19)7-2-1-3-8(4-7)12(20)15-5-9(16)14-6-10(17)18/h1-4H,5-6H2,(H2,13,19)(H,14,16)(H,15,20)(H,17,18). The maximum Gasteiger partial charge on any atom is 0.322 e. The van der Waals surface area contributed by atoms with Gasteiger partial charge in [0, 0.05) is 11.1 Å². The van der Waals surface area contributed by atoms with E-state index in [1.807, 2.05) is 0 Å². The molecular formula is C12H13N3O5. The number of carbonyl (C=O) groups excluding carboxylic acids is 3. The second-order valence-electron chi connectivity index (χ2n) is 3.80. The van der Waals surface area contributed by atoms with Crippen LogP contribution in [0.5, 0.6) is 0 Å². The fourth-order valence-electron chi connectivity index (χ4n) is 1.31. The molecule has 0 unspecified atom stereocenters. The highest BCUT2D eigenvalue weighted by atomic mass is 16.4. The minimum atomic E-state index is -1.18. The SMILES string of the molecule is NC(=O)c1cccc(C(=O)NCC(=O)NCC(=O)O)c1. The van der Waals surface area contributed by atoms with Crippen molar-refractivity contribution >= 4 is 23.7 Å². The summed E-state index contributed by atoms with van der Waals surface area (Å²) in [6, 6.07) is 5.70. The third-order valence-electron chi connectivity index (χ3n) is 2.26. The molecule has 0 aliphatic heterocycles. The Morgan fingerprint density at radius 3 is 2.30 bits per heavy atom. The molecule has 0 saturated carbocycles. The van der Waals surface area contributed by atoms with Gasteiger partial charge in [0.05, 0.1) is 6.54 Å². The summed E-state index contributed by atoms with van der Waals surface area (Å²) in [7, 11) is 0. The van der Waals surface area contributed by atoms with Crippen LogP contribution in [0, 0.1) is 0 Å². The summed E-state index contributed by atoms with van der Waals surface area (Å²) in [5.41, 5.74) is 5.43. The van der Waals surface area contributed by atoms with E-state index in [1.54, 1.807) is 0 Å². The van der Waals surface area contributed by atoms with Crippen molar-refractivity contribution in [1.82, 2.24) is 10.6 Å². The highest BCUT2D eigenvalue weighted by Crippen LogP contribution is 2.04. The second kappa shape index (κ2) is 6.88. The van der Waals surface area contributed by atoms with Crippen molar-refractivity contribution in [2.45, 2.75) is 0 Å². The molecule has 0 spiro atoms. The van der Waals surface area contributed by atoms with Gasteiger partial charge >= 0.3 is 5.97 Å². The van der Waals surface area contributed by atoms with Gasteiger partial charge in [0.2, 0.25) is 11.8 Å². The number of rotatable bonds is 6. The number of primary amides is 1. The van der Waals surface area contributed by atoms with Gasteiger partial charge in [0.1, 0.15) is 6.54 Å². The molecular weight excluding hydrogens is 266 g/mol. The van der Waals surface area contributed by atoms with E-state index in [2.05, 4.69) is 10.6 Å². The molecule has 1 aromatic rings. The summed E-state index contributed by atoms with van der Waals surface area (Å²) in [6.07, 6.45) is 0. The van der Waals surface area contributed by atoms with Gasteiger partial charge in [-0.15, -0.1) is 0 Å². The highest BCUT2D eigenvalue weighted by molar-refractivity contribution is 6.00. The normalized spacial score (nSPS) is 9.60. The van der Waals surface area contributed by atoms with Crippen molar-refractivity contribution < 1.29 is 24.3 Å². The van der Waals surface area contributed by atoms with Crippen LogP contribution in [-0.4, -0.2) is 41.9 Å². The van der Waals surface area contributed by atoms with E-state index in [0.29, 0.717) is 0 Å². The third kappa shape index (κ3) is 4.77. The van der Waals surface area contributed by atoms with Gasteiger partial charge in [-0.3, -0.25) is 19.2 Å². The summed E-state index contributed by atoms with van der Waals surface area (Å²) >= 11 is 0. The Kier molecular flexibility index (Phi) is 5.21. The number of hydrogen-bond acceptors (Lipinski definition) is 4. The Morgan fingerprint density at radius 2 is 1.70 bits per heavy atom. The fraction of sp³-hybridized carbons (Fsp3) is 0.167. The number of hydrogen-bond donors (Lipinski definition) is 4. The Labute approximate surface area is 114 Å². The third-order valence-corrected chi connectivity index (χ3v) is 2.26. The predicted molar refractivity (Wildman–Crippen MR) is 67.9 cm³/mol. The van der Waals surface area contributed by atoms with Crippen LogP contribution in [0.25, 0.3) is 0 Å². The molecule has 106 valence electrons. The maximum absolute atomic E-state index is 11.7. The second-order valence-corrected chi connectivity index (χ2v) is 3.80. The molecule has 0 aliphatic rings. The van der Waals surface area contributed by atoms with Crippen LogP contribution in [0.4, 0.5) is 0 Å². The zero-order valence-electron chi connectivity index (χ0n) is 10.4. The molecule has 0 radical (unpaired) electrons. The van der Waals surface area contributed by atoms with Gasteiger partial charge in [-0.05, 0) is 18.2 Å². The quantitative estimate of drug-likeness (QED) is 0.513. The smallest absolute Gasteiger partial charge is 0.322 e. The number of carboxylic acid groups (broad SMARTS) is 1. The van der Waals surface area contributed by atoms with Crippen LogP contribution >= 0.6 is 0 Å². The van der Waals surface area contributed by atoms with Crippen molar-refractivity contribution in [3.05, 3.63) is 35.4 Å². The van der Waals surface area contributed by atoms with E-state index in [1.165, 1.54) is 24.3 Å². The Morgan fingerprint density at radius 1 is 1.05 bits per heavy atom. The first kappa shape index (κ1) is 15.2. The number of amides is 3. The first-order chi connectivity index (χ1) is 9.40. The molecule has 0 bridgehead atoms. The van der Waals surface area contributed by atoms with Crippen LogP contribution < -0.4 is 16.4 Å². The van der Waals surface area contributed by atoms with E-state index in [9.17, 15) is 19.2 Å². The number of aliphatic carboxylic acids is 1. The van der Waals surface area contributed by atoms with Crippen LogP contribution in [0.3, 0.4) is 0 Å². The number of nitrogens with two attached hydrogens (primary N) is 1. The van der Waals surface area contributed by atoms with Crippen LogP contribution in [0.2, 0.25) is 0 Å². The molecule has 20 heavy (non-hydrogen) atoms. The lowest BCUT2D eigenvalue weighted by Crippen LogP contribution is -2.39. The van der Waals surface area contributed by atoms with Crippen molar-refractivity contribution in [3.63, 3.8) is 0 Å². The molecule has 5 N–H and O–H groups in total. The highest BCUT2D eigenvalue weighted by Gasteiger charge is 2.10. The van der Waals surface area contributed by atoms with Crippen molar-refractivity contribution in [2.24, 2.45) is 5.73 Å². The van der Waals surface area contributed by atoms with E-state index < -0.39 is 30.2 Å². The van der Waals surface area contributed by atoms with Crippen LogP contribution in [0.1, 0.15) is 20.7 Å². The van der Waals surface area contributed by atoms with E-state index >= 15 is 0 Å². The molecule has 8 heteroatoms. The Hall–Kier alpha value is -2.90. The summed E-state index contributed by atoms with van der Waals surface area (Å²) in [5.74, 6) is -3.05. The molecule has 3 amide bonds. The minimum Gasteiger partial charge on any atom is -0.480 e. The summed E-state index contributed by atoms with van der Waals surface area (Å²) < 4.78 is 0. The number of benzene rings is 1. The van der Waals surface area contributed by atoms with Gasteiger partial charge in [-0.25, -0.2) is 0 Å². The molecule has 0 saturated heterocycles. The first-order valence-electron chi connectivity index (χ1n) is 5.56. The van der Waals surface area contributed by atoms with Crippen LogP contribution in [0.15, 0.2) is 24.3 Å². The number of carbonyl (C=O) groups is 4. The van der Waals surface area contributed by atoms with Crippen molar-refractivity contribution in [1.29, 1.82) is 0 Å². The largest absolute Gasteiger partial charge is 0.480 e. The number of nitrogens with one attached hydrogen (secondary N) is 2. The molecule has 0 fully saturated rings. The fourth-order valence-corrected chi connectivity index (χ4v) is 1.31. The number of carboxylic acids is 1. The van der Waals surface area contributed by atoms with Gasteiger partial charge in [0.15, 0.2) is 0 Å². The van der Waals surface area contributed by atoms with E-state index in [4.69, 9.17) is 10.8 Å². The van der Waals surface area contributed by atoms with Gasteiger partial charge in [0.25, 0.3) is 5.91 Å². The predicted octanol–water partition coefficient (Wildman–Crippen LogP) is -1.28. The summed E-state index contributed by atoms with van der Waals surface area (Å²) in [4.78, 5) is 44.1. The average Bonchev–Trinajstić information content (AvgIpc) is 2.42. The summed E-state index contributed by atoms with van der Waals surface area (Å²) in [6.45, 7) is -0.890. The van der Waals surface area contributed by atoms with Gasteiger partial charge < -0.3 is 21.5 Å². The van der Waals surface area contributed by atoms with Crippen LogP contribution in [-0.2, 0) is 9.59 Å². The summed E-state index contributed by atoms with van der Waals surface area (Å²) in [5, 5.41) is 12.7. The lowest BCUT2D eigenvalue weighted by atomic mass is 10.1. The topological polar surface area (TPSA) is 139 Å². The first-order valence-corrected chi connectivity index (χ1v) is 5.56. The lowest BCUT2D eigenvalue weighted by Gasteiger charge is -2.06. The van der Waals surface area contributed by atoms with Gasteiger partial charge in [-0.1, -0.05) is 6.07 Å². The molecule has 0 aromatic heterocycles. The molecule has 0 aliphatic carbocycles. The van der Waals surface area contributed by atoms with Gasteiger partial charge in [-0.2, -0.15) is 0 Å². The molecule has 1 aromatic carbocycles. The molecule has 0 atom stereocenters. The minimum absolute atomic E-state index is 0.173.